The molecule has 0 bridgehead atoms. The number of hydrogen-bond acceptors (Lipinski definition) is 1. The quantitative estimate of drug-likeness (QED) is 0.652. The number of rotatable bonds is 1. The Bertz CT molecular complexity index is 213. The summed E-state index contributed by atoms with van der Waals surface area (Å²) in [5.74, 6) is 1.42. The van der Waals surface area contributed by atoms with Crippen molar-refractivity contribution in [2.75, 3.05) is 0 Å². The van der Waals surface area contributed by atoms with Gasteiger partial charge in [0, 0.05) is 0 Å². The van der Waals surface area contributed by atoms with E-state index < -0.39 is 0 Å². The van der Waals surface area contributed by atoms with E-state index in [0.717, 1.165) is 5.92 Å². The molecule has 2 atom stereocenters. The molecule has 0 saturated heterocycles. The van der Waals surface area contributed by atoms with Crippen LogP contribution in [0.4, 0.5) is 0 Å². The summed E-state index contributed by atoms with van der Waals surface area (Å²) in [5, 5.41) is 9.85. The molecule has 1 saturated carbocycles. The maximum absolute atomic E-state index is 9.85. The van der Waals surface area contributed by atoms with Gasteiger partial charge in [0.15, 0.2) is 0 Å². The second kappa shape index (κ2) is 6.82. The molecule has 1 N–H and O–H groups in total. The first kappa shape index (κ1) is 15.1. The van der Waals surface area contributed by atoms with Gasteiger partial charge >= 0.3 is 0 Å². The van der Waals surface area contributed by atoms with E-state index in [1.807, 2.05) is 6.82 Å². The predicted molar refractivity (Wildman–Crippen MR) is 77.5 cm³/mol. The van der Waals surface area contributed by atoms with E-state index in [1.165, 1.54) is 51.4 Å². The van der Waals surface area contributed by atoms with Gasteiger partial charge in [-0.2, -0.15) is 0 Å². The fourth-order valence-corrected chi connectivity index (χ4v) is 3.01. The summed E-state index contributed by atoms with van der Waals surface area (Å²) in [7, 11) is 0. The normalized spacial score (nSPS) is 31.6. The van der Waals surface area contributed by atoms with Crippen molar-refractivity contribution in [3.8, 4) is 0 Å². The highest BCUT2D eigenvalue weighted by molar-refractivity contribution is 6.50. The van der Waals surface area contributed by atoms with E-state index in [9.17, 15) is 5.02 Å². The Morgan fingerprint density at radius 2 is 1.59 bits per heavy atom. The van der Waals surface area contributed by atoms with Crippen molar-refractivity contribution in [1.29, 1.82) is 0 Å². The Kier molecular flexibility index (Phi) is 6.05. The van der Waals surface area contributed by atoms with Crippen molar-refractivity contribution in [3.05, 3.63) is 0 Å². The zero-order valence-electron chi connectivity index (χ0n) is 12.3. The van der Waals surface area contributed by atoms with E-state index in [2.05, 4.69) is 20.8 Å². The topological polar surface area (TPSA) is 20.2 Å². The maximum atomic E-state index is 9.85. The third kappa shape index (κ3) is 5.95. The Labute approximate surface area is 108 Å². The van der Waals surface area contributed by atoms with Crippen LogP contribution in [0, 0.1) is 11.3 Å². The highest BCUT2D eigenvalue weighted by Crippen LogP contribution is 2.36. The molecule has 0 radical (unpaired) electrons. The summed E-state index contributed by atoms with van der Waals surface area (Å²) in [6.45, 7) is 9.05. The SMILES string of the molecule is CB(O)C1CCCC[C@@H](C)CCC(C)(C)CC1. The minimum Gasteiger partial charge on any atom is -0.450 e. The van der Waals surface area contributed by atoms with Gasteiger partial charge in [-0.25, -0.2) is 0 Å². The summed E-state index contributed by atoms with van der Waals surface area (Å²) in [4.78, 5) is 0. The van der Waals surface area contributed by atoms with Crippen molar-refractivity contribution in [2.45, 2.75) is 84.8 Å². The van der Waals surface area contributed by atoms with Crippen molar-refractivity contribution in [3.63, 3.8) is 0 Å². The van der Waals surface area contributed by atoms with Gasteiger partial charge in [0.05, 0.1) is 0 Å². The summed E-state index contributed by atoms with van der Waals surface area (Å²) in [6, 6.07) is 0. The second-order valence-corrected chi connectivity index (χ2v) is 7.13. The predicted octanol–water partition coefficient (Wildman–Crippen LogP) is 4.77. The molecule has 1 aliphatic rings. The largest absolute Gasteiger partial charge is 0.450 e. The van der Waals surface area contributed by atoms with Crippen LogP contribution in [0.5, 0.6) is 0 Å². The number of hydrogen-bond donors (Lipinski definition) is 1. The highest BCUT2D eigenvalue weighted by Gasteiger charge is 2.25. The zero-order chi connectivity index (χ0) is 12.9. The molecule has 0 heterocycles. The standard InChI is InChI=1S/C15H31BO/c1-13-7-5-6-8-14(16(4)17)10-12-15(2,3)11-9-13/h13-14,17H,5-12H2,1-4H3/t13-,14?/m1/s1. The van der Waals surface area contributed by atoms with Crippen molar-refractivity contribution in [1.82, 2.24) is 0 Å². The molecular formula is C15H31BO. The molecule has 0 amide bonds. The summed E-state index contributed by atoms with van der Waals surface area (Å²) >= 11 is 0. The Morgan fingerprint density at radius 1 is 1.00 bits per heavy atom. The summed E-state index contributed by atoms with van der Waals surface area (Å²) < 4.78 is 0. The first-order valence-corrected chi connectivity index (χ1v) is 7.59. The molecule has 1 nitrogen and oxygen atoms in total. The maximum Gasteiger partial charge on any atom is 0.288 e. The van der Waals surface area contributed by atoms with Gasteiger partial charge in [-0.05, 0) is 30.0 Å². The molecule has 2 heteroatoms. The minimum absolute atomic E-state index is 0.121. The van der Waals surface area contributed by atoms with Crippen LogP contribution in [0.3, 0.4) is 0 Å². The van der Waals surface area contributed by atoms with Crippen LogP contribution in [0.15, 0.2) is 0 Å². The monoisotopic (exact) mass is 238 g/mol. The van der Waals surface area contributed by atoms with Crippen molar-refractivity contribution >= 4 is 6.92 Å². The molecule has 1 unspecified atom stereocenters. The average molecular weight is 238 g/mol. The lowest BCUT2D eigenvalue weighted by molar-refractivity contribution is 0.266. The lowest BCUT2D eigenvalue weighted by Crippen LogP contribution is -2.19. The molecule has 0 aromatic heterocycles. The van der Waals surface area contributed by atoms with Crippen molar-refractivity contribution in [2.24, 2.45) is 11.3 Å². The molecule has 17 heavy (non-hydrogen) atoms. The fourth-order valence-electron chi connectivity index (χ4n) is 3.01. The molecule has 0 aromatic carbocycles. The summed E-state index contributed by atoms with van der Waals surface area (Å²) in [6.07, 6.45) is 10.5. The van der Waals surface area contributed by atoms with E-state index in [1.54, 1.807) is 0 Å². The third-order valence-electron chi connectivity index (χ3n) is 4.71. The van der Waals surface area contributed by atoms with Gasteiger partial charge < -0.3 is 5.02 Å². The van der Waals surface area contributed by atoms with Crippen LogP contribution in [0.25, 0.3) is 0 Å². The molecule has 1 fully saturated rings. The Hall–Kier alpha value is 0.0249. The minimum atomic E-state index is -0.121. The first-order chi connectivity index (χ1) is 7.91. The van der Waals surface area contributed by atoms with E-state index in [-0.39, 0.29) is 6.92 Å². The van der Waals surface area contributed by atoms with Crippen LogP contribution in [0.1, 0.15) is 72.1 Å². The zero-order valence-corrected chi connectivity index (χ0v) is 12.3. The molecule has 1 aliphatic carbocycles. The fraction of sp³-hybridized carbons (Fsp3) is 1.00. The van der Waals surface area contributed by atoms with Crippen LogP contribution in [-0.2, 0) is 0 Å². The van der Waals surface area contributed by atoms with Gasteiger partial charge in [-0.3, -0.25) is 0 Å². The van der Waals surface area contributed by atoms with Crippen LogP contribution < -0.4 is 0 Å². The van der Waals surface area contributed by atoms with E-state index >= 15 is 0 Å². The Balaban J connectivity index is 2.57. The molecule has 100 valence electrons. The van der Waals surface area contributed by atoms with Crippen LogP contribution in [0.2, 0.25) is 12.6 Å². The molecule has 1 rings (SSSR count). The van der Waals surface area contributed by atoms with Gasteiger partial charge in [0.25, 0.3) is 6.92 Å². The molecule has 0 aliphatic heterocycles. The van der Waals surface area contributed by atoms with E-state index in [4.69, 9.17) is 0 Å². The van der Waals surface area contributed by atoms with Crippen LogP contribution in [-0.4, -0.2) is 11.9 Å². The Morgan fingerprint density at radius 3 is 2.24 bits per heavy atom. The average Bonchev–Trinajstić information content (AvgIpc) is 2.26. The van der Waals surface area contributed by atoms with Gasteiger partial charge in [0.2, 0.25) is 0 Å². The van der Waals surface area contributed by atoms with E-state index in [0.29, 0.717) is 11.2 Å². The molecule has 0 spiro atoms. The van der Waals surface area contributed by atoms with Gasteiger partial charge in [0.1, 0.15) is 0 Å². The highest BCUT2D eigenvalue weighted by atomic mass is 16.2. The molecular weight excluding hydrogens is 207 g/mol. The van der Waals surface area contributed by atoms with Crippen LogP contribution >= 0.6 is 0 Å². The van der Waals surface area contributed by atoms with Crippen molar-refractivity contribution < 1.29 is 5.02 Å². The first-order valence-electron chi connectivity index (χ1n) is 7.59. The second-order valence-electron chi connectivity index (χ2n) is 7.13. The summed E-state index contributed by atoms with van der Waals surface area (Å²) in [5.41, 5.74) is 0.464. The lowest BCUT2D eigenvalue weighted by atomic mass is 9.55. The van der Waals surface area contributed by atoms with Gasteiger partial charge in [-0.15, -0.1) is 0 Å². The molecule has 0 aromatic rings. The lowest BCUT2D eigenvalue weighted by Gasteiger charge is -2.28. The smallest absolute Gasteiger partial charge is 0.288 e. The van der Waals surface area contributed by atoms with Gasteiger partial charge in [-0.1, -0.05) is 66.1 Å². The third-order valence-corrected chi connectivity index (χ3v) is 4.71.